The van der Waals surface area contributed by atoms with Crippen LogP contribution >= 0.6 is 11.3 Å². The SMILES string of the molecule is NS(=O)(=O)N1CCC2(CC1)CC(=O)c1cc(-c3ccsc3)ccc1O2. The molecule has 0 bridgehead atoms. The van der Waals surface area contributed by atoms with Gasteiger partial charge in [-0.2, -0.15) is 24.1 Å². The molecule has 8 heteroatoms. The molecule has 0 unspecified atom stereocenters. The van der Waals surface area contributed by atoms with E-state index in [1.807, 2.05) is 35.0 Å². The summed E-state index contributed by atoms with van der Waals surface area (Å²) >= 11 is 1.61. The smallest absolute Gasteiger partial charge is 0.276 e. The van der Waals surface area contributed by atoms with Crippen molar-refractivity contribution >= 4 is 27.3 Å². The molecular formula is C17H18N2O4S2. The standard InChI is InChI=1S/C17H18N2O4S2/c18-25(21,22)19-6-4-17(5-7-19)10-15(20)14-9-12(1-2-16(14)23-17)13-3-8-24-11-13/h1-3,8-9,11H,4-7,10H2,(H2,18,21,22). The fraction of sp³-hybridized carbons (Fsp3) is 0.353. The fourth-order valence-corrected chi connectivity index (χ4v) is 4.89. The van der Waals surface area contributed by atoms with E-state index in [4.69, 9.17) is 9.88 Å². The lowest BCUT2D eigenvalue weighted by atomic mass is 9.82. The van der Waals surface area contributed by atoms with Crippen LogP contribution in [0.2, 0.25) is 0 Å². The number of benzene rings is 1. The van der Waals surface area contributed by atoms with Crippen LogP contribution in [0.5, 0.6) is 5.75 Å². The fourth-order valence-electron chi connectivity index (χ4n) is 3.53. The molecule has 1 saturated heterocycles. The number of carbonyl (C=O) groups excluding carboxylic acids is 1. The zero-order valence-electron chi connectivity index (χ0n) is 13.5. The van der Waals surface area contributed by atoms with Crippen molar-refractivity contribution in [3.05, 3.63) is 40.6 Å². The van der Waals surface area contributed by atoms with Gasteiger partial charge in [0.1, 0.15) is 11.4 Å². The topological polar surface area (TPSA) is 89.7 Å². The van der Waals surface area contributed by atoms with E-state index in [1.54, 1.807) is 11.3 Å². The monoisotopic (exact) mass is 378 g/mol. The second kappa shape index (κ2) is 5.91. The minimum atomic E-state index is -3.69. The van der Waals surface area contributed by atoms with Gasteiger partial charge in [0.05, 0.1) is 12.0 Å². The van der Waals surface area contributed by atoms with Crippen LogP contribution in [-0.2, 0) is 10.2 Å². The molecule has 0 radical (unpaired) electrons. The van der Waals surface area contributed by atoms with Crippen LogP contribution in [0.4, 0.5) is 0 Å². The molecule has 25 heavy (non-hydrogen) atoms. The summed E-state index contributed by atoms with van der Waals surface area (Å²) in [4.78, 5) is 12.7. The first-order valence-corrected chi connectivity index (χ1v) is 10.5. The summed E-state index contributed by atoms with van der Waals surface area (Å²) in [5, 5.41) is 9.23. The van der Waals surface area contributed by atoms with Crippen molar-refractivity contribution < 1.29 is 17.9 Å². The van der Waals surface area contributed by atoms with Gasteiger partial charge in [0.15, 0.2) is 5.78 Å². The van der Waals surface area contributed by atoms with Crippen LogP contribution in [0.1, 0.15) is 29.6 Å². The van der Waals surface area contributed by atoms with Crippen molar-refractivity contribution in [3.8, 4) is 16.9 Å². The first kappa shape index (κ1) is 16.7. The summed E-state index contributed by atoms with van der Waals surface area (Å²) in [7, 11) is -3.69. The van der Waals surface area contributed by atoms with Crippen LogP contribution in [-0.4, -0.2) is 37.2 Å². The van der Waals surface area contributed by atoms with Crippen LogP contribution < -0.4 is 9.88 Å². The normalized spacial score (nSPS) is 20.3. The molecule has 1 spiro atoms. The Morgan fingerprint density at radius 1 is 1.16 bits per heavy atom. The Labute approximate surface area is 150 Å². The van der Waals surface area contributed by atoms with E-state index >= 15 is 0 Å². The van der Waals surface area contributed by atoms with Crippen LogP contribution in [0.25, 0.3) is 11.1 Å². The Bertz CT molecular complexity index is 914. The molecule has 6 nitrogen and oxygen atoms in total. The Hall–Kier alpha value is -1.74. The summed E-state index contributed by atoms with van der Waals surface area (Å²) in [6.45, 7) is 0.545. The van der Waals surface area contributed by atoms with E-state index in [-0.39, 0.29) is 25.3 Å². The molecule has 4 rings (SSSR count). The first-order valence-electron chi connectivity index (χ1n) is 8.03. The van der Waals surface area contributed by atoms with Crippen molar-refractivity contribution in [2.45, 2.75) is 24.9 Å². The molecule has 1 aromatic heterocycles. The summed E-state index contributed by atoms with van der Waals surface area (Å²) in [5.74, 6) is 0.627. The minimum Gasteiger partial charge on any atom is -0.486 e. The van der Waals surface area contributed by atoms with Gasteiger partial charge in [0, 0.05) is 25.9 Å². The maximum Gasteiger partial charge on any atom is 0.276 e. The number of fused-ring (bicyclic) bond motifs is 1. The molecule has 3 heterocycles. The highest BCUT2D eigenvalue weighted by atomic mass is 32.2. The van der Waals surface area contributed by atoms with E-state index in [0.29, 0.717) is 24.2 Å². The van der Waals surface area contributed by atoms with Gasteiger partial charge in [0.25, 0.3) is 10.2 Å². The van der Waals surface area contributed by atoms with E-state index in [0.717, 1.165) is 11.1 Å². The number of carbonyl (C=O) groups is 1. The third kappa shape index (κ3) is 3.10. The molecule has 0 amide bonds. The highest BCUT2D eigenvalue weighted by molar-refractivity contribution is 7.86. The second-order valence-electron chi connectivity index (χ2n) is 6.55. The Kier molecular flexibility index (Phi) is 3.95. The van der Waals surface area contributed by atoms with Crippen molar-refractivity contribution in [1.82, 2.24) is 4.31 Å². The lowest BCUT2D eigenvalue weighted by Crippen LogP contribution is -2.53. The molecule has 0 saturated carbocycles. The third-order valence-corrected chi connectivity index (χ3v) is 6.71. The van der Waals surface area contributed by atoms with E-state index < -0.39 is 15.8 Å². The van der Waals surface area contributed by atoms with Crippen molar-refractivity contribution in [1.29, 1.82) is 0 Å². The van der Waals surface area contributed by atoms with Gasteiger partial charge < -0.3 is 4.74 Å². The van der Waals surface area contributed by atoms with Crippen LogP contribution in [0.15, 0.2) is 35.0 Å². The molecule has 2 N–H and O–H groups in total. The molecule has 2 aromatic rings. The van der Waals surface area contributed by atoms with Gasteiger partial charge in [-0.3, -0.25) is 4.79 Å². The summed E-state index contributed by atoms with van der Waals surface area (Å²) in [5.41, 5.74) is 2.05. The maximum absolute atomic E-state index is 12.7. The predicted octanol–water partition coefficient (Wildman–Crippen LogP) is 2.42. The number of piperidine rings is 1. The molecule has 0 aliphatic carbocycles. The van der Waals surface area contributed by atoms with Gasteiger partial charge >= 0.3 is 0 Å². The average molecular weight is 378 g/mol. The van der Waals surface area contributed by atoms with E-state index in [1.165, 1.54) is 4.31 Å². The first-order chi connectivity index (χ1) is 11.9. The number of thiophene rings is 1. The van der Waals surface area contributed by atoms with Gasteiger partial charge in [-0.15, -0.1) is 0 Å². The molecule has 2 aliphatic heterocycles. The third-order valence-electron chi connectivity index (χ3n) is 4.94. The molecule has 1 fully saturated rings. The summed E-state index contributed by atoms with van der Waals surface area (Å²) < 4.78 is 30.4. The van der Waals surface area contributed by atoms with Crippen molar-refractivity contribution in [2.75, 3.05) is 13.1 Å². The molecule has 132 valence electrons. The minimum absolute atomic E-state index is 0.0439. The zero-order valence-corrected chi connectivity index (χ0v) is 15.1. The number of nitrogens with zero attached hydrogens (tertiary/aromatic N) is 1. The van der Waals surface area contributed by atoms with Crippen LogP contribution in [0, 0.1) is 0 Å². The lowest BCUT2D eigenvalue weighted by molar-refractivity contribution is 0.00594. The number of hydrogen-bond acceptors (Lipinski definition) is 5. The molecular weight excluding hydrogens is 360 g/mol. The van der Waals surface area contributed by atoms with Gasteiger partial charge in [-0.25, -0.2) is 5.14 Å². The number of Topliss-reactive ketones (excluding diaryl/α,β-unsaturated/α-hetero) is 1. The van der Waals surface area contributed by atoms with Crippen LogP contribution in [0.3, 0.4) is 0 Å². The maximum atomic E-state index is 12.7. The Balaban J connectivity index is 1.59. The number of nitrogens with two attached hydrogens (primary N) is 1. The molecule has 1 aromatic carbocycles. The van der Waals surface area contributed by atoms with Crippen molar-refractivity contribution in [3.63, 3.8) is 0 Å². The highest BCUT2D eigenvalue weighted by Gasteiger charge is 2.44. The highest BCUT2D eigenvalue weighted by Crippen LogP contribution is 2.41. The van der Waals surface area contributed by atoms with E-state index in [9.17, 15) is 13.2 Å². The van der Waals surface area contributed by atoms with Crippen molar-refractivity contribution in [2.24, 2.45) is 5.14 Å². The predicted molar refractivity (Wildman–Crippen MR) is 96.0 cm³/mol. The lowest BCUT2D eigenvalue weighted by Gasteiger charge is -2.43. The zero-order chi connectivity index (χ0) is 17.7. The van der Waals surface area contributed by atoms with E-state index in [2.05, 4.69) is 0 Å². The summed E-state index contributed by atoms with van der Waals surface area (Å²) in [6, 6.07) is 7.69. The average Bonchev–Trinajstić information content (AvgIpc) is 3.08. The Morgan fingerprint density at radius 2 is 1.92 bits per heavy atom. The Morgan fingerprint density at radius 3 is 2.56 bits per heavy atom. The van der Waals surface area contributed by atoms with Gasteiger partial charge in [-0.05, 0) is 40.1 Å². The number of ketones is 1. The molecule has 0 atom stereocenters. The second-order valence-corrected chi connectivity index (χ2v) is 8.88. The van der Waals surface area contributed by atoms with Gasteiger partial charge in [0.2, 0.25) is 0 Å². The summed E-state index contributed by atoms with van der Waals surface area (Å²) in [6.07, 6.45) is 1.19. The number of ether oxygens (including phenoxy) is 1. The number of hydrogen-bond donors (Lipinski definition) is 1. The molecule has 2 aliphatic rings. The largest absolute Gasteiger partial charge is 0.486 e. The van der Waals surface area contributed by atoms with Gasteiger partial charge in [-0.1, -0.05) is 6.07 Å². The number of rotatable bonds is 2. The quantitative estimate of drug-likeness (QED) is 0.869.